The maximum Gasteiger partial charge on any atom is 0.245 e. The molecule has 9 heteroatoms. The molecule has 0 radical (unpaired) electrons. The number of benzene rings is 1. The normalized spacial score (nSPS) is 24.0. The van der Waals surface area contributed by atoms with Crippen molar-refractivity contribution in [3.05, 3.63) is 24.5 Å². The average molecular weight is 360 g/mol. The standard InChI is InChI=1S/C17H24N6O3/c1-5-26-14-9-17(18,16(14,2)3)15(24)20-11-6-7-13(25-4)12(8-11)23-10-19-21-22-23/h6-8,10,14H,5,9,18H2,1-4H3,(H,20,24). The van der Waals surface area contributed by atoms with Gasteiger partial charge >= 0.3 is 0 Å². The van der Waals surface area contributed by atoms with Crippen LogP contribution in [0.2, 0.25) is 0 Å². The lowest BCUT2D eigenvalue weighted by atomic mass is 9.54. The molecule has 1 saturated carbocycles. The van der Waals surface area contributed by atoms with Gasteiger partial charge in [0, 0.05) is 24.1 Å². The topological polar surface area (TPSA) is 117 Å². The quantitative estimate of drug-likeness (QED) is 0.793. The fourth-order valence-corrected chi connectivity index (χ4v) is 3.28. The number of hydrogen-bond donors (Lipinski definition) is 2. The van der Waals surface area contributed by atoms with Crippen LogP contribution in [0.15, 0.2) is 24.5 Å². The molecular weight excluding hydrogens is 336 g/mol. The third kappa shape index (κ3) is 2.82. The smallest absolute Gasteiger partial charge is 0.245 e. The Bertz CT molecular complexity index is 792. The molecule has 1 amide bonds. The monoisotopic (exact) mass is 360 g/mol. The minimum atomic E-state index is -0.998. The first-order chi connectivity index (χ1) is 12.3. The Morgan fingerprint density at radius 2 is 2.23 bits per heavy atom. The Hall–Kier alpha value is -2.52. The molecule has 1 heterocycles. The van der Waals surface area contributed by atoms with Gasteiger partial charge in [0.05, 0.1) is 13.2 Å². The van der Waals surface area contributed by atoms with Crippen LogP contribution in [-0.2, 0) is 9.53 Å². The van der Waals surface area contributed by atoms with Gasteiger partial charge < -0.3 is 20.5 Å². The fraction of sp³-hybridized carbons (Fsp3) is 0.529. The zero-order valence-electron chi connectivity index (χ0n) is 15.4. The van der Waals surface area contributed by atoms with Gasteiger partial charge in [-0.05, 0) is 35.5 Å². The van der Waals surface area contributed by atoms with Crippen molar-refractivity contribution >= 4 is 11.6 Å². The Balaban J connectivity index is 1.81. The Kier molecular flexibility index (Phi) is 4.68. The lowest BCUT2D eigenvalue weighted by Crippen LogP contribution is -2.74. The number of nitrogens with two attached hydrogens (primary N) is 1. The van der Waals surface area contributed by atoms with E-state index in [4.69, 9.17) is 15.2 Å². The summed E-state index contributed by atoms with van der Waals surface area (Å²) in [5, 5.41) is 14.0. The number of tetrazole rings is 1. The van der Waals surface area contributed by atoms with Crippen molar-refractivity contribution < 1.29 is 14.3 Å². The molecule has 2 unspecified atom stereocenters. The molecule has 1 aliphatic carbocycles. The van der Waals surface area contributed by atoms with Crippen LogP contribution < -0.4 is 15.8 Å². The molecule has 0 aliphatic heterocycles. The largest absolute Gasteiger partial charge is 0.494 e. The number of ether oxygens (including phenoxy) is 2. The first-order valence-electron chi connectivity index (χ1n) is 8.47. The molecule has 0 bridgehead atoms. The number of methoxy groups -OCH3 is 1. The molecule has 2 aromatic rings. The molecule has 140 valence electrons. The number of aromatic nitrogens is 4. The van der Waals surface area contributed by atoms with Crippen LogP contribution in [0.5, 0.6) is 5.75 Å². The number of nitrogens with one attached hydrogen (secondary N) is 1. The summed E-state index contributed by atoms with van der Waals surface area (Å²) in [4.78, 5) is 12.9. The summed E-state index contributed by atoms with van der Waals surface area (Å²) in [6.07, 6.45) is 1.90. The molecule has 0 spiro atoms. The molecule has 1 aromatic carbocycles. The lowest BCUT2D eigenvalue weighted by molar-refractivity contribution is -0.166. The van der Waals surface area contributed by atoms with E-state index in [1.165, 1.54) is 11.0 Å². The number of hydrogen-bond acceptors (Lipinski definition) is 7. The Morgan fingerprint density at radius 3 is 2.81 bits per heavy atom. The maximum absolute atomic E-state index is 12.9. The van der Waals surface area contributed by atoms with E-state index in [2.05, 4.69) is 20.8 Å². The summed E-state index contributed by atoms with van der Waals surface area (Å²) in [7, 11) is 1.56. The van der Waals surface area contributed by atoms with Gasteiger partial charge in [-0.2, -0.15) is 4.68 Å². The number of carbonyl (C=O) groups is 1. The van der Waals surface area contributed by atoms with Gasteiger partial charge in [0.15, 0.2) is 0 Å². The van der Waals surface area contributed by atoms with E-state index < -0.39 is 11.0 Å². The van der Waals surface area contributed by atoms with Crippen molar-refractivity contribution in [2.24, 2.45) is 11.1 Å². The van der Waals surface area contributed by atoms with Gasteiger partial charge in [0.25, 0.3) is 0 Å². The fourth-order valence-electron chi connectivity index (χ4n) is 3.28. The van der Waals surface area contributed by atoms with Crippen molar-refractivity contribution in [3.63, 3.8) is 0 Å². The molecule has 2 atom stereocenters. The molecule has 1 fully saturated rings. The van der Waals surface area contributed by atoms with Crippen LogP contribution in [0.4, 0.5) is 5.69 Å². The van der Waals surface area contributed by atoms with Crippen molar-refractivity contribution in [2.45, 2.75) is 38.8 Å². The second-order valence-electron chi connectivity index (χ2n) is 6.94. The highest BCUT2D eigenvalue weighted by atomic mass is 16.5. The van der Waals surface area contributed by atoms with Gasteiger partial charge in [-0.1, -0.05) is 13.8 Å². The summed E-state index contributed by atoms with van der Waals surface area (Å²) in [5.74, 6) is 0.337. The van der Waals surface area contributed by atoms with Crippen LogP contribution in [0, 0.1) is 5.41 Å². The number of rotatable bonds is 6. The second-order valence-corrected chi connectivity index (χ2v) is 6.94. The molecule has 3 rings (SSSR count). The summed E-state index contributed by atoms with van der Waals surface area (Å²) >= 11 is 0. The van der Waals surface area contributed by atoms with Gasteiger partial charge in [-0.25, -0.2) is 0 Å². The van der Waals surface area contributed by atoms with E-state index in [1.807, 2.05) is 20.8 Å². The van der Waals surface area contributed by atoms with E-state index in [0.717, 1.165) is 0 Å². The summed E-state index contributed by atoms with van der Waals surface area (Å²) < 4.78 is 12.5. The summed E-state index contributed by atoms with van der Waals surface area (Å²) in [6, 6.07) is 5.23. The van der Waals surface area contributed by atoms with E-state index in [9.17, 15) is 4.79 Å². The molecule has 26 heavy (non-hydrogen) atoms. The van der Waals surface area contributed by atoms with Gasteiger partial charge in [0.1, 0.15) is 23.3 Å². The molecular formula is C17H24N6O3. The first kappa shape index (κ1) is 18.3. The first-order valence-corrected chi connectivity index (χ1v) is 8.47. The SMILES string of the molecule is CCOC1CC(N)(C(=O)Nc2ccc(OC)c(-n3cnnn3)c2)C1(C)C. The predicted molar refractivity (Wildman–Crippen MR) is 95.1 cm³/mol. The van der Waals surface area contributed by atoms with Gasteiger partial charge in [0.2, 0.25) is 5.91 Å². The van der Waals surface area contributed by atoms with Crippen molar-refractivity contribution in [2.75, 3.05) is 19.0 Å². The Morgan fingerprint density at radius 1 is 1.46 bits per heavy atom. The third-order valence-electron chi connectivity index (χ3n) is 5.27. The lowest BCUT2D eigenvalue weighted by Gasteiger charge is -2.57. The van der Waals surface area contributed by atoms with E-state index >= 15 is 0 Å². The highest BCUT2D eigenvalue weighted by Crippen LogP contribution is 2.50. The Labute approximate surface area is 151 Å². The zero-order chi connectivity index (χ0) is 18.9. The van der Waals surface area contributed by atoms with Crippen molar-refractivity contribution in [3.8, 4) is 11.4 Å². The van der Waals surface area contributed by atoms with Gasteiger partial charge in [-0.3, -0.25) is 4.79 Å². The number of anilines is 1. The van der Waals surface area contributed by atoms with Crippen LogP contribution in [0.1, 0.15) is 27.2 Å². The molecule has 1 aliphatic rings. The zero-order valence-corrected chi connectivity index (χ0v) is 15.4. The van der Waals surface area contributed by atoms with Crippen LogP contribution in [0.25, 0.3) is 5.69 Å². The molecule has 0 saturated heterocycles. The van der Waals surface area contributed by atoms with Crippen LogP contribution in [0.3, 0.4) is 0 Å². The highest BCUT2D eigenvalue weighted by molar-refractivity contribution is 6.00. The summed E-state index contributed by atoms with van der Waals surface area (Å²) in [5.41, 5.74) is 6.17. The molecule has 9 nitrogen and oxygen atoms in total. The van der Waals surface area contributed by atoms with Crippen LogP contribution in [-0.4, -0.2) is 51.5 Å². The van der Waals surface area contributed by atoms with Crippen LogP contribution >= 0.6 is 0 Å². The van der Waals surface area contributed by atoms with Gasteiger partial charge in [-0.15, -0.1) is 5.10 Å². The van der Waals surface area contributed by atoms with E-state index in [1.54, 1.807) is 25.3 Å². The minimum absolute atomic E-state index is 0.0316. The van der Waals surface area contributed by atoms with E-state index in [-0.39, 0.29) is 12.0 Å². The second kappa shape index (κ2) is 6.65. The summed E-state index contributed by atoms with van der Waals surface area (Å²) in [6.45, 7) is 6.44. The molecule has 3 N–H and O–H groups in total. The van der Waals surface area contributed by atoms with Crippen molar-refractivity contribution in [1.29, 1.82) is 0 Å². The average Bonchev–Trinajstić information content (AvgIpc) is 3.15. The number of amides is 1. The highest BCUT2D eigenvalue weighted by Gasteiger charge is 2.62. The number of carbonyl (C=O) groups excluding carboxylic acids is 1. The number of nitrogens with zero attached hydrogens (tertiary/aromatic N) is 4. The van der Waals surface area contributed by atoms with Crippen molar-refractivity contribution in [1.82, 2.24) is 20.2 Å². The third-order valence-corrected chi connectivity index (χ3v) is 5.27. The predicted octanol–water partition coefficient (Wildman–Crippen LogP) is 1.14. The maximum atomic E-state index is 12.9. The van der Waals surface area contributed by atoms with E-state index in [0.29, 0.717) is 30.2 Å². The molecule has 1 aromatic heterocycles. The minimum Gasteiger partial charge on any atom is -0.494 e.